The minimum Gasteiger partial charge on any atom is -0.423 e. The zero-order valence-corrected chi connectivity index (χ0v) is 14.2. The van der Waals surface area contributed by atoms with E-state index in [1.807, 2.05) is 0 Å². The molecule has 2 aromatic rings. The van der Waals surface area contributed by atoms with E-state index >= 15 is 0 Å². The molecule has 0 bridgehead atoms. The number of halogens is 1. The van der Waals surface area contributed by atoms with Gasteiger partial charge in [0.15, 0.2) is 11.6 Å². The van der Waals surface area contributed by atoms with E-state index in [0.29, 0.717) is 16.9 Å². The van der Waals surface area contributed by atoms with Gasteiger partial charge in [-0.25, -0.2) is 14.0 Å². The van der Waals surface area contributed by atoms with Crippen molar-refractivity contribution in [3.8, 4) is 22.6 Å². The highest BCUT2D eigenvalue weighted by Crippen LogP contribution is 2.27. The summed E-state index contributed by atoms with van der Waals surface area (Å²) < 4.78 is 28.8. The fourth-order valence-electron chi connectivity index (χ4n) is 2.04. The average molecular weight is 356 g/mol. The Kier molecular flexibility index (Phi) is 6.41. The molecule has 0 aliphatic rings. The molecular formula is C20H17FO5. The van der Waals surface area contributed by atoms with Gasteiger partial charge in [-0.05, 0) is 35.4 Å². The average Bonchev–Trinajstić information content (AvgIpc) is 2.64. The van der Waals surface area contributed by atoms with E-state index in [9.17, 15) is 14.0 Å². The molecular weight excluding hydrogens is 339 g/mol. The first-order valence-electron chi connectivity index (χ1n) is 7.57. The summed E-state index contributed by atoms with van der Waals surface area (Å²) in [5.41, 5.74) is 1.46. The maximum Gasteiger partial charge on any atom is 0.341 e. The number of ether oxygens (including phenoxy) is 3. The Bertz CT molecular complexity index is 840. The molecule has 0 radical (unpaired) electrons. The van der Waals surface area contributed by atoms with Gasteiger partial charge in [-0.1, -0.05) is 31.4 Å². The van der Waals surface area contributed by atoms with Crippen molar-refractivity contribution in [2.45, 2.75) is 0 Å². The van der Waals surface area contributed by atoms with Crippen LogP contribution in [0, 0.1) is 5.82 Å². The number of rotatable bonds is 7. The standard InChI is InChI=1S/C20H17FO5/c1-4-19(22)26-18-10-7-15(11-17(18)21)14-5-8-16(9-6-14)25-20(23)13(2)12-24-3/h4-11H,1-2,12H2,3H3. The fourth-order valence-corrected chi connectivity index (χ4v) is 2.04. The first-order chi connectivity index (χ1) is 12.4. The van der Waals surface area contributed by atoms with E-state index in [4.69, 9.17) is 14.2 Å². The van der Waals surface area contributed by atoms with Gasteiger partial charge in [0.25, 0.3) is 0 Å². The lowest BCUT2D eigenvalue weighted by Gasteiger charge is -2.08. The zero-order valence-electron chi connectivity index (χ0n) is 14.2. The molecule has 134 valence electrons. The summed E-state index contributed by atoms with van der Waals surface area (Å²) >= 11 is 0. The Morgan fingerprint density at radius 1 is 1.08 bits per heavy atom. The SMILES string of the molecule is C=CC(=O)Oc1ccc(-c2ccc(OC(=O)C(=C)COC)cc2)cc1F. The number of esters is 2. The van der Waals surface area contributed by atoms with Gasteiger partial charge in [-0.2, -0.15) is 0 Å². The molecule has 0 spiro atoms. The van der Waals surface area contributed by atoms with Crippen LogP contribution in [0.4, 0.5) is 4.39 Å². The fraction of sp³-hybridized carbons (Fsp3) is 0.100. The number of carbonyl (C=O) groups excluding carboxylic acids is 2. The van der Waals surface area contributed by atoms with Crippen molar-refractivity contribution < 1.29 is 28.2 Å². The molecule has 0 aliphatic heterocycles. The minimum atomic E-state index is -0.738. The summed E-state index contributed by atoms with van der Waals surface area (Å²) in [4.78, 5) is 22.9. The second kappa shape index (κ2) is 8.73. The maximum absolute atomic E-state index is 14.0. The van der Waals surface area contributed by atoms with Gasteiger partial charge in [0.2, 0.25) is 0 Å². The molecule has 2 rings (SSSR count). The Labute approximate surface area is 150 Å². The predicted molar refractivity (Wildman–Crippen MR) is 94.3 cm³/mol. The monoisotopic (exact) mass is 356 g/mol. The molecule has 2 aromatic carbocycles. The van der Waals surface area contributed by atoms with E-state index in [-0.39, 0.29) is 17.9 Å². The van der Waals surface area contributed by atoms with Crippen LogP contribution in [0.2, 0.25) is 0 Å². The van der Waals surface area contributed by atoms with Crippen LogP contribution in [-0.2, 0) is 14.3 Å². The summed E-state index contributed by atoms with van der Waals surface area (Å²) in [5, 5.41) is 0. The van der Waals surface area contributed by atoms with Gasteiger partial charge in [-0.15, -0.1) is 0 Å². The Morgan fingerprint density at radius 2 is 1.73 bits per heavy atom. The lowest BCUT2D eigenvalue weighted by atomic mass is 10.1. The van der Waals surface area contributed by atoms with Crippen LogP contribution in [0.1, 0.15) is 0 Å². The summed E-state index contributed by atoms with van der Waals surface area (Å²) in [6, 6.07) is 10.7. The van der Waals surface area contributed by atoms with Crippen molar-refractivity contribution in [3.63, 3.8) is 0 Å². The molecule has 0 fully saturated rings. The predicted octanol–water partition coefficient (Wildman–Crippen LogP) is 3.69. The van der Waals surface area contributed by atoms with Crippen LogP contribution >= 0.6 is 0 Å². The zero-order chi connectivity index (χ0) is 19.1. The molecule has 5 nitrogen and oxygen atoms in total. The van der Waals surface area contributed by atoms with Crippen LogP contribution in [0.15, 0.2) is 67.3 Å². The number of hydrogen-bond donors (Lipinski definition) is 0. The molecule has 0 aromatic heterocycles. The third-order valence-electron chi connectivity index (χ3n) is 3.31. The third-order valence-corrected chi connectivity index (χ3v) is 3.31. The van der Waals surface area contributed by atoms with Gasteiger partial charge in [0, 0.05) is 13.2 Å². The minimum absolute atomic E-state index is 0.0823. The largest absolute Gasteiger partial charge is 0.423 e. The van der Waals surface area contributed by atoms with Crippen molar-refractivity contribution in [2.24, 2.45) is 0 Å². The quantitative estimate of drug-likeness (QED) is 0.430. The van der Waals surface area contributed by atoms with Crippen molar-refractivity contribution in [1.29, 1.82) is 0 Å². The lowest BCUT2D eigenvalue weighted by Crippen LogP contribution is -2.13. The number of carbonyl (C=O) groups is 2. The highest BCUT2D eigenvalue weighted by molar-refractivity contribution is 5.89. The van der Waals surface area contributed by atoms with Crippen molar-refractivity contribution in [1.82, 2.24) is 0 Å². The van der Waals surface area contributed by atoms with Gasteiger partial charge < -0.3 is 14.2 Å². The van der Waals surface area contributed by atoms with Crippen molar-refractivity contribution in [2.75, 3.05) is 13.7 Å². The molecule has 0 heterocycles. The Hall–Kier alpha value is -3.25. The number of hydrogen-bond acceptors (Lipinski definition) is 5. The topological polar surface area (TPSA) is 61.8 Å². The molecule has 6 heteroatoms. The third kappa shape index (κ3) is 4.87. The van der Waals surface area contributed by atoms with Gasteiger partial charge in [0.1, 0.15) is 5.75 Å². The van der Waals surface area contributed by atoms with Gasteiger partial charge in [-0.3, -0.25) is 0 Å². The summed E-state index contributed by atoms with van der Waals surface area (Å²) in [5.74, 6) is -1.85. The lowest BCUT2D eigenvalue weighted by molar-refractivity contribution is -0.131. The summed E-state index contributed by atoms with van der Waals surface area (Å²) in [7, 11) is 1.45. The highest BCUT2D eigenvalue weighted by atomic mass is 19.1. The number of benzene rings is 2. The van der Waals surface area contributed by atoms with Crippen molar-refractivity contribution in [3.05, 3.63) is 73.1 Å². The normalized spacial score (nSPS) is 10.1. The maximum atomic E-state index is 14.0. The summed E-state index contributed by atoms with van der Waals surface area (Å²) in [6.07, 6.45) is 0.953. The van der Waals surface area contributed by atoms with Crippen LogP contribution in [0.5, 0.6) is 11.5 Å². The van der Waals surface area contributed by atoms with E-state index in [1.54, 1.807) is 30.3 Å². The molecule has 0 atom stereocenters. The second-order valence-corrected chi connectivity index (χ2v) is 5.22. The van der Waals surface area contributed by atoms with Crippen LogP contribution in [0.25, 0.3) is 11.1 Å². The van der Waals surface area contributed by atoms with Gasteiger partial charge in [0.05, 0.1) is 12.2 Å². The Balaban J connectivity index is 2.12. The molecule has 26 heavy (non-hydrogen) atoms. The van der Waals surface area contributed by atoms with Crippen LogP contribution in [-0.4, -0.2) is 25.7 Å². The molecule has 0 N–H and O–H groups in total. The molecule has 0 amide bonds. The second-order valence-electron chi connectivity index (χ2n) is 5.22. The number of methoxy groups -OCH3 is 1. The summed E-state index contributed by atoms with van der Waals surface area (Å²) in [6.45, 7) is 6.91. The molecule has 0 saturated carbocycles. The smallest absolute Gasteiger partial charge is 0.341 e. The molecule has 0 saturated heterocycles. The molecule has 0 unspecified atom stereocenters. The molecule has 0 aliphatic carbocycles. The van der Waals surface area contributed by atoms with Gasteiger partial charge >= 0.3 is 11.9 Å². The first-order valence-corrected chi connectivity index (χ1v) is 7.57. The van der Waals surface area contributed by atoms with Crippen LogP contribution < -0.4 is 9.47 Å². The van der Waals surface area contributed by atoms with E-state index in [1.165, 1.54) is 19.2 Å². The van der Waals surface area contributed by atoms with E-state index in [0.717, 1.165) is 6.08 Å². The van der Waals surface area contributed by atoms with E-state index in [2.05, 4.69) is 13.2 Å². The van der Waals surface area contributed by atoms with E-state index < -0.39 is 17.8 Å². The van der Waals surface area contributed by atoms with Crippen LogP contribution in [0.3, 0.4) is 0 Å². The highest BCUT2D eigenvalue weighted by Gasteiger charge is 2.11. The Morgan fingerprint density at radius 3 is 2.31 bits per heavy atom. The van der Waals surface area contributed by atoms with Crippen molar-refractivity contribution >= 4 is 11.9 Å². The first kappa shape index (κ1) is 19.1.